The Hall–Kier alpha value is -1.51. The van der Waals surface area contributed by atoms with Crippen LogP contribution in [0.3, 0.4) is 0 Å². The summed E-state index contributed by atoms with van der Waals surface area (Å²) < 4.78 is 5.63. The van der Waals surface area contributed by atoms with Gasteiger partial charge in [0.15, 0.2) is 6.10 Å². The summed E-state index contributed by atoms with van der Waals surface area (Å²) >= 11 is 0. The zero-order valence-corrected chi connectivity index (χ0v) is 11.7. The maximum atomic E-state index is 11.7. The Morgan fingerprint density at radius 3 is 2.67 bits per heavy atom. The Morgan fingerprint density at radius 2 is 2.06 bits per heavy atom. The third-order valence-electron chi connectivity index (χ3n) is 2.99. The Morgan fingerprint density at radius 1 is 1.33 bits per heavy atom. The van der Waals surface area contributed by atoms with Gasteiger partial charge in [-0.3, -0.25) is 4.79 Å². The minimum atomic E-state index is -0.455. The highest BCUT2D eigenvalue weighted by Crippen LogP contribution is 2.17. The summed E-state index contributed by atoms with van der Waals surface area (Å²) in [7, 11) is 0. The van der Waals surface area contributed by atoms with Crippen molar-refractivity contribution in [3.8, 4) is 5.75 Å². The fourth-order valence-electron chi connectivity index (χ4n) is 1.58. The third-order valence-corrected chi connectivity index (χ3v) is 2.99. The smallest absolute Gasteiger partial charge is 0.260 e. The van der Waals surface area contributed by atoms with E-state index in [1.54, 1.807) is 6.92 Å². The van der Waals surface area contributed by atoms with E-state index in [9.17, 15) is 4.79 Å². The van der Waals surface area contributed by atoms with E-state index in [0.29, 0.717) is 0 Å². The lowest BCUT2D eigenvalue weighted by Crippen LogP contribution is -2.36. The molecule has 1 amide bonds. The summed E-state index contributed by atoms with van der Waals surface area (Å²) in [4.78, 5) is 11.7. The monoisotopic (exact) mass is 249 g/mol. The van der Waals surface area contributed by atoms with E-state index in [0.717, 1.165) is 25.1 Å². The molecular formula is C15H23NO2. The first-order valence-corrected chi connectivity index (χ1v) is 6.56. The molecule has 0 saturated carbocycles. The fraction of sp³-hybridized carbons (Fsp3) is 0.533. The molecule has 1 rings (SSSR count). The number of carbonyl (C=O) groups excluding carboxylic acids is 1. The van der Waals surface area contributed by atoms with Gasteiger partial charge < -0.3 is 10.1 Å². The normalized spacial score (nSPS) is 12.0. The summed E-state index contributed by atoms with van der Waals surface area (Å²) in [6, 6.07) is 5.87. The minimum Gasteiger partial charge on any atom is -0.481 e. The molecule has 0 unspecified atom stereocenters. The van der Waals surface area contributed by atoms with Crippen LogP contribution >= 0.6 is 0 Å². The molecule has 0 spiro atoms. The quantitative estimate of drug-likeness (QED) is 0.787. The van der Waals surface area contributed by atoms with Crippen molar-refractivity contribution in [2.75, 3.05) is 6.54 Å². The van der Waals surface area contributed by atoms with Gasteiger partial charge in [-0.1, -0.05) is 19.4 Å². The molecule has 1 N–H and O–H groups in total. The van der Waals surface area contributed by atoms with E-state index in [1.165, 1.54) is 11.1 Å². The van der Waals surface area contributed by atoms with Crippen LogP contribution in [-0.4, -0.2) is 18.6 Å². The highest BCUT2D eigenvalue weighted by Gasteiger charge is 2.13. The average molecular weight is 249 g/mol. The van der Waals surface area contributed by atoms with E-state index in [2.05, 4.69) is 19.2 Å². The van der Waals surface area contributed by atoms with E-state index < -0.39 is 6.10 Å². The first kappa shape index (κ1) is 14.6. The molecule has 0 aliphatic carbocycles. The van der Waals surface area contributed by atoms with Crippen LogP contribution in [0.5, 0.6) is 5.75 Å². The van der Waals surface area contributed by atoms with Crippen molar-refractivity contribution in [2.24, 2.45) is 0 Å². The standard InChI is InChI=1S/C15H23NO2/c1-5-6-9-16-15(17)13(4)18-14-8-7-11(2)12(3)10-14/h7-8,10,13H,5-6,9H2,1-4H3,(H,16,17)/t13-/m0/s1. The van der Waals surface area contributed by atoms with Crippen molar-refractivity contribution >= 4 is 5.91 Å². The summed E-state index contributed by atoms with van der Waals surface area (Å²) in [6.45, 7) is 8.68. The van der Waals surface area contributed by atoms with Crippen LogP contribution in [0.2, 0.25) is 0 Å². The molecule has 1 aromatic rings. The molecule has 18 heavy (non-hydrogen) atoms. The minimum absolute atomic E-state index is 0.0540. The Balaban J connectivity index is 2.50. The molecule has 0 saturated heterocycles. The molecule has 0 fully saturated rings. The Bertz CT molecular complexity index is 401. The zero-order chi connectivity index (χ0) is 13.5. The largest absolute Gasteiger partial charge is 0.481 e. The van der Waals surface area contributed by atoms with E-state index in [4.69, 9.17) is 4.74 Å². The Kier molecular flexibility index (Phi) is 5.69. The van der Waals surface area contributed by atoms with Crippen molar-refractivity contribution in [1.29, 1.82) is 0 Å². The van der Waals surface area contributed by atoms with Crippen molar-refractivity contribution in [1.82, 2.24) is 5.32 Å². The van der Waals surface area contributed by atoms with Crippen LogP contribution in [0, 0.1) is 13.8 Å². The van der Waals surface area contributed by atoms with Gasteiger partial charge in [0.25, 0.3) is 5.91 Å². The topological polar surface area (TPSA) is 38.3 Å². The second-order valence-electron chi connectivity index (χ2n) is 4.65. The third kappa shape index (κ3) is 4.40. The van der Waals surface area contributed by atoms with Crippen molar-refractivity contribution < 1.29 is 9.53 Å². The lowest BCUT2D eigenvalue weighted by atomic mass is 10.1. The number of carbonyl (C=O) groups is 1. The first-order chi connectivity index (χ1) is 8.54. The van der Waals surface area contributed by atoms with E-state index in [1.807, 2.05) is 25.1 Å². The molecule has 0 heterocycles. The van der Waals surface area contributed by atoms with Gasteiger partial charge in [0.1, 0.15) is 5.75 Å². The van der Waals surface area contributed by atoms with E-state index >= 15 is 0 Å². The average Bonchev–Trinajstić information content (AvgIpc) is 2.34. The number of hydrogen-bond acceptors (Lipinski definition) is 2. The van der Waals surface area contributed by atoms with Gasteiger partial charge in [-0.05, 0) is 50.5 Å². The molecule has 1 atom stereocenters. The zero-order valence-electron chi connectivity index (χ0n) is 11.7. The Labute approximate surface area is 110 Å². The van der Waals surface area contributed by atoms with Crippen LogP contribution in [0.4, 0.5) is 0 Å². The molecule has 1 aromatic carbocycles. The van der Waals surface area contributed by atoms with Gasteiger partial charge in [0.05, 0.1) is 0 Å². The first-order valence-electron chi connectivity index (χ1n) is 6.56. The summed E-state index contributed by atoms with van der Waals surface area (Å²) in [5, 5.41) is 2.87. The number of aryl methyl sites for hydroxylation is 2. The van der Waals surface area contributed by atoms with Crippen LogP contribution in [0.25, 0.3) is 0 Å². The van der Waals surface area contributed by atoms with Crippen LogP contribution in [0.1, 0.15) is 37.8 Å². The fourth-order valence-corrected chi connectivity index (χ4v) is 1.58. The van der Waals surface area contributed by atoms with Crippen LogP contribution < -0.4 is 10.1 Å². The molecular weight excluding hydrogens is 226 g/mol. The predicted molar refractivity (Wildman–Crippen MR) is 73.9 cm³/mol. The second-order valence-corrected chi connectivity index (χ2v) is 4.65. The number of benzene rings is 1. The van der Waals surface area contributed by atoms with Crippen molar-refractivity contribution in [3.63, 3.8) is 0 Å². The maximum Gasteiger partial charge on any atom is 0.260 e. The van der Waals surface area contributed by atoms with Gasteiger partial charge in [-0.25, -0.2) is 0 Å². The second kappa shape index (κ2) is 7.04. The highest BCUT2D eigenvalue weighted by atomic mass is 16.5. The van der Waals surface area contributed by atoms with Crippen molar-refractivity contribution in [2.45, 2.75) is 46.6 Å². The lowest BCUT2D eigenvalue weighted by Gasteiger charge is -2.15. The van der Waals surface area contributed by atoms with E-state index in [-0.39, 0.29) is 5.91 Å². The predicted octanol–water partition coefficient (Wildman–Crippen LogP) is 2.99. The van der Waals surface area contributed by atoms with Gasteiger partial charge in [0, 0.05) is 6.54 Å². The van der Waals surface area contributed by atoms with Gasteiger partial charge in [-0.2, -0.15) is 0 Å². The van der Waals surface area contributed by atoms with Gasteiger partial charge in [0.2, 0.25) is 0 Å². The number of hydrogen-bond donors (Lipinski definition) is 1. The molecule has 3 nitrogen and oxygen atoms in total. The van der Waals surface area contributed by atoms with Gasteiger partial charge in [-0.15, -0.1) is 0 Å². The van der Waals surface area contributed by atoms with Crippen molar-refractivity contribution in [3.05, 3.63) is 29.3 Å². The molecule has 0 radical (unpaired) electrons. The number of unbranched alkanes of at least 4 members (excludes halogenated alkanes) is 1. The number of amides is 1. The van der Waals surface area contributed by atoms with Crippen LogP contribution in [0.15, 0.2) is 18.2 Å². The molecule has 0 aliphatic heterocycles. The highest BCUT2D eigenvalue weighted by molar-refractivity contribution is 5.80. The summed E-state index contributed by atoms with van der Waals surface area (Å²) in [5.41, 5.74) is 2.40. The van der Waals surface area contributed by atoms with Crippen LogP contribution in [-0.2, 0) is 4.79 Å². The number of rotatable bonds is 6. The lowest BCUT2D eigenvalue weighted by molar-refractivity contribution is -0.127. The summed E-state index contributed by atoms with van der Waals surface area (Å²) in [5.74, 6) is 0.693. The molecule has 0 bridgehead atoms. The maximum absolute atomic E-state index is 11.7. The summed E-state index contributed by atoms with van der Waals surface area (Å²) in [6.07, 6.45) is 1.62. The molecule has 0 aliphatic rings. The van der Waals surface area contributed by atoms with Gasteiger partial charge >= 0.3 is 0 Å². The number of nitrogens with one attached hydrogen (secondary N) is 1. The molecule has 100 valence electrons. The SMILES string of the molecule is CCCCNC(=O)[C@H](C)Oc1ccc(C)c(C)c1. The molecule has 0 aromatic heterocycles. The number of ether oxygens (including phenoxy) is 1. The molecule has 3 heteroatoms.